The Kier molecular flexibility index (Phi) is 3.21. The fourth-order valence-electron chi connectivity index (χ4n) is 1.92. The average molecular weight is 206 g/mol. The minimum atomic E-state index is 0.456. The molecule has 1 heterocycles. The molecule has 1 aromatic heterocycles. The van der Waals surface area contributed by atoms with Crippen molar-refractivity contribution in [2.24, 2.45) is 5.92 Å². The number of rotatable bonds is 5. The van der Waals surface area contributed by atoms with Gasteiger partial charge in [-0.2, -0.15) is 0 Å². The Balaban J connectivity index is 2.16. The van der Waals surface area contributed by atoms with E-state index in [4.69, 9.17) is 4.74 Å². The van der Waals surface area contributed by atoms with Crippen molar-refractivity contribution in [1.29, 1.82) is 0 Å². The number of nitrogens with zero attached hydrogens (tertiary/aromatic N) is 1. The topological polar surface area (TPSA) is 34.2 Å². The van der Waals surface area contributed by atoms with Gasteiger partial charge in [-0.25, -0.2) is 0 Å². The molecule has 1 atom stereocenters. The summed E-state index contributed by atoms with van der Waals surface area (Å²) in [5, 5.41) is 3.52. The average Bonchev–Trinajstić information content (AvgIpc) is 3.10. The number of hydrogen-bond acceptors (Lipinski definition) is 3. The molecule has 1 aromatic rings. The van der Waals surface area contributed by atoms with Gasteiger partial charge in [0.25, 0.3) is 0 Å². The monoisotopic (exact) mass is 206 g/mol. The van der Waals surface area contributed by atoms with Crippen LogP contribution in [0.4, 0.5) is 0 Å². The van der Waals surface area contributed by atoms with Crippen LogP contribution in [0.15, 0.2) is 18.5 Å². The Morgan fingerprint density at radius 2 is 2.33 bits per heavy atom. The molecule has 0 bridgehead atoms. The van der Waals surface area contributed by atoms with E-state index in [1.165, 1.54) is 18.4 Å². The summed E-state index contributed by atoms with van der Waals surface area (Å²) < 4.78 is 5.19. The van der Waals surface area contributed by atoms with Crippen molar-refractivity contribution in [3.63, 3.8) is 0 Å². The van der Waals surface area contributed by atoms with Crippen LogP contribution in [0.3, 0.4) is 0 Å². The van der Waals surface area contributed by atoms with E-state index in [1.54, 1.807) is 13.3 Å². The van der Waals surface area contributed by atoms with E-state index < -0.39 is 0 Å². The molecule has 0 saturated heterocycles. The van der Waals surface area contributed by atoms with Crippen LogP contribution in [0.5, 0.6) is 5.75 Å². The van der Waals surface area contributed by atoms with Crippen LogP contribution in [0.1, 0.15) is 31.4 Å². The first-order chi connectivity index (χ1) is 7.35. The Bertz CT molecular complexity index is 323. The molecule has 1 fully saturated rings. The van der Waals surface area contributed by atoms with Crippen LogP contribution in [0.2, 0.25) is 0 Å². The molecule has 1 aliphatic carbocycles. The van der Waals surface area contributed by atoms with Crippen molar-refractivity contribution in [2.45, 2.75) is 25.8 Å². The van der Waals surface area contributed by atoms with Crippen LogP contribution in [0.25, 0.3) is 0 Å². The van der Waals surface area contributed by atoms with Crippen LogP contribution in [-0.4, -0.2) is 18.6 Å². The molecular weight excluding hydrogens is 188 g/mol. The molecule has 0 radical (unpaired) electrons. The summed E-state index contributed by atoms with van der Waals surface area (Å²) in [6, 6.07) is 2.54. The highest BCUT2D eigenvalue weighted by molar-refractivity contribution is 5.27. The third-order valence-corrected chi connectivity index (χ3v) is 2.85. The molecule has 1 saturated carbocycles. The molecule has 1 N–H and O–H groups in total. The number of hydrogen-bond donors (Lipinski definition) is 1. The minimum absolute atomic E-state index is 0.456. The summed E-state index contributed by atoms with van der Waals surface area (Å²) in [6.07, 6.45) is 6.34. The van der Waals surface area contributed by atoms with E-state index in [-0.39, 0.29) is 0 Å². The van der Waals surface area contributed by atoms with Crippen LogP contribution in [-0.2, 0) is 0 Å². The maximum atomic E-state index is 5.19. The normalized spacial score (nSPS) is 17.5. The maximum absolute atomic E-state index is 5.19. The second-order valence-corrected chi connectivity index (χ2v) is 4.03. The lowest BCUT2D eigenvalue weighted by molar-refractivity contribution is 0.409. The molecule has 3 heteroatoms. The molecule has 0 aliphatic heterocycles. The first-order valence-electron chi connectivity index (χ1n) is 5.57. The zero-order valence-electron chi connectivity index (χ0n) is 9.36. The summed E-state index contributed by atoms with van der Waals surface area (Å²) in [6.45, 7) is 3.14. The number of aromatic nitrogens is 1. The van der Waals surface area contributed by atoms with Gasteiger partial charge in [0.1, 0.15) is 5.75 Å². The predicted octanol–water partition coefficient (Wildman–Crippen LogP) is 2.15. The molecule has 3 nitrogen and oxygen atoms in total. The third kappa shape index (κ3) is 2.48. The van der Waals surface area contributed by atoms with Gasteiger partial charge in [-0.3, -0.25) is 4.98 Å². The van der Waals surface area contributed by atoms with Crippen LogP contribution >= 0.6 is 0 Å². The van der Waals surface area contributed by atoms with Gasteiger partial charge in [0.2, 0.25) is 0 Å². The minimum Gasteiger partial charge on any atom is -0.495 e. The lowest BCUT2D eigenvalue weighted by Gasteiger charge is -2.17. The van der Waals surface area contributed by atoms with Crippen LogP contribution < -0.4 is 10.1 Å². The molecule has 1 aliphatic rings. The van der Waals surface area contributed by atoms with Crippen molar-refractivity contribution >= 4 is 0 Å². The number of ether oxygens (including phenoxy) is 1. The van der Waals surface area contributed by atoms with Gasteiger partial charge in [-0.15, -0.1) is 0 Å². The van der Waals surface area contributed by atoms with Crippen molar-refractivity contribution < 1.29 is 4.74 Å². The van der Waals surface area contributed by atoms with Crippen molar-refractivity contribution in [3.8, 4) is 5.75 Å². The standard InChI is InChI=1S/C12H18N2O/c1-3-14-12(9-4-5-9)10-6-11(15-2)8-13-7-10/h6-9,12,14H,3-5H2,1-2H3. The zero-order chi connectivity index (χ0) is 10.7. The SMILES string of the molecule is CCNC(c1cncc(OC)c1)C1CC1. The second-order valence-electron chi connectivity index (χ2n) is 4.03. The third-order valence-electron chi connectivity index (χ3n) is 2.85. The van der Waals surface area contributed by atoms with E-state index in [9.17, 15) is 0 Å². The zero-order valence-corrected chi connectivity index (χ0v) is 9.36. The van der Waals surface area contributed by atoms with Gasteiger partial charge in [-0.1, -0.05) is 6.92 Å². The highest BCUT2D eigenvalue weighted by Crippen LogP contribution is 2.41. The predicted molar refractivity (Wildman–Crippen MR) is 59.9 cm³/mol. The lowest BCUT2D eigenvalue weighted by atomic mass is 10.0. The Hall–Kier alpha value is -1.09. The van der Waals surface area contributed by atoms with E-state index in [1.807, 2.05) is 6.20 Å². The molecule has 15 heavy (non-hydrogen) atoms. The summed E-state index contributed by atoms with van der Waals surface area (Å²) >= 11 is 0. The quantitative estimate of drug-likeness (QED) is 0.801. The number of pyridine rings is 1. The summed E-state index contributed by atoms with van der Waals surface area (Å²) in [4.78, 5) is 4.20. The van der Waals surface area contributed by atoms with Crippen molar-refractivity contribution in [2.75, 3.05) is 13.7 Å². The Morgan fingerprint density at radius 3 is 2.93 bits per heavy atom. The van der Waals surface area contributed by atoms with Crippen molar-refractivity contribution in [1.82, 2.24) is 10.3 Å². The van der Waals surface area contributed by atoms with Gasteiger partial charge in [-0.05, 0) is 36.9 Å². The maximum Gasteiger partial charge on any atom is 0.137 e. The Morgan fingerprint density at radius 1 is 1.53 bits per heavy atom. The number of methoxy groups -OCH3 is 1. The molecule has 82 valence electrons. The van der Waals surface area contributed by atoms with Gasteiger partial charge in [0.15, 0.2) is 0 Å². The molecule has 0 spiro atoms. The molecule has 0 aromatic carbocycles. The molecule has 2 rings (SSSR count). The smallest absolute Gasteiger partial charge is 0.137 e. The fraction of sp³-hybridized carbons (Fsp3) is 0.583. The van der Waals surface area contributed by atoms with Crippen LogP contribution in [0, 0.1) is 5.92 Å². The number of nitrogens with one attached hydrogen (secondary N) is 1. The summed E-state index contributed by atoms with van der Waals surface area (Å²) in [5.41, 5.74) is 1.25. The van der Waals surface area contributed by atoms with Gasteiger partial charge in [0.05, 0.1) is 13.3 Å². The summed E-state index contributed by atoms with van der Waals surface area (Å²) in [5.74, 6) is 1.63. The van der Waals surface area contributed by atoms with Gasteiger partial charge < -0.3 is 10.1 Å². The first-order valence-corrected chi connectivity index (χ1v) is 5.57. The van der Waals surface area contributed by atoms with Crippen molar-refractivity contribution in [3.05, 3.63) is 24.0 Å². The lowest BCUT2D eigenvalue weighted by Crippen LogP contribution is -2.22. The molecule has 1 unspecified atom stereocenters. The van der Waals surface area contributed by atoms with E-state index >= 15 is 0 Å². The highest BCUT2D eigenvalue weighted by atomic mass is 16.5. The van der Waals surface area contributed by atoms with E-state index in [2.05, 4.69) is 23.3 Å². The van der Waals surface area contributed by atoms with Gasteiger partial charge >= 0.3 is 0 Å². The largest absolute Gasteiger partial charge is 0.495 e. The summed E-state index contributed by atoms with van der Waals surface area (Å²) in [7, 11) is 1.68. The van der Waals surface area contributed by atoms with E-state index in [0.29, 0.717) is 6.04 Å². The molecular formula is C12H18N2O. The fourth-order valence-corrected chi connectivity index (χ4v) is 1.92. The highest BCUT2D eigenvalue weighted by Gasteiger charge is 2.31. The first kappa shape index (κ1) is 10.4. The second kappa shape index (κ2) is 4.62. The van der Waals surface area contributed by atoms with E-state index in [0.717, 1.165) is 18.2 Å². The molecule has 0 amide bonds. The Labute approximate surface area is 90.9 Å². The van der Waals surface area contributed by atoms with Gasteiger partial charge in [0, 0.05) is 12.2 Å².